The number of hydrogen-bond acceptors (Lipinski definition) is 5. The number of methoxy groups -OCH3 is 2. The van der Waals surface area contributed by atoms with E-state index in [2.05, 4.69) is 5.32 Å². The number of fused-ring (bicyclic) bond motifs is 1. The van der Waals surface area contributed by atoms with Crippen LogP contribution in [0.2, 0.25) is 5.02 Å². The first kappa shape index (κ1) is 20.3. The van der Waals surface area contributed by atoms with Crippen molar-refractivity contribution in [1.29, 1.82) is 0 Å². The van der Waals surface area contributed by atoms with E-state index < -0.39 is 6.04 Å². The SMILES string of the molecule is COc1ccc(C(=O)N2CC(=O)Nc3ccc(Cl)cc3C2c2cccs2)c(OC)c1. The molecule has 1 aliphatic rings. The number of benzene rings is 2. The maximum Gasteiger partial charge on any atom is 0.258 e. The molecule has 0 saturated heterocycles. The molecule has 1 N–H and O–H groups in total. The summed E-state index contributed by atoms with van der Waals surface area (Å²) in [5, 5.41) is 5.36. The number of carbonyl (C=O) groups excluding carboxylic acids is 2. The first-order valence-corrected chi connectivity index (χ1v) is 10.4. The Balaban J connectivity index is 1.86. The van der Waals surface area contributed by atoms with Gasteiger partial charge in [0.15, 0.2) is 0 Å². The van der Waals surface area contributed by atoms with Crippen molar-refractivity contribution >= 4 is 40.4 Å². The summed E-state index contributed by atoms with van der Waals surface area (Å²) in [4.78, 5) is 28.8. The van der Waals surface area contributed by atoms with Crippen LogP contribution in [-0.4, -0.2) is 37.5 Å². The van der Waals surface area contributed by atoms with Gasteiger partial charge in [0, 0.05) is 27.2 Å². The number of halogens is 1. The van der Waals surface area contributed by atoms with Gasteiger partial charge in [-0.1, -0.05) is 17.7 Å². The molecule has 0 spiro atoms. The minimum Gasteiger partial charge on any atom is -0.497 e. The number of ether oxygens (including phenoxy) is 2. The van der Waals surface area contributed by atoms with Gasteiger partial charge >= 0.3 is 0 Å². The van der Waals surface area contributed by atoms with E-state index in [0.717, 1.165) is 10.4 Å². The Morgan fingerprint density at radius 2 is 2.00 bits per heavy atom. The van der Waals surface area contributed by atoms with Crippen molar-refractivity contribution in [2.75, 3.05) is 26.1 Å². The number of carbonyl (C=O) groups is 2. The molecule has 0 radical (unpaired) electrons. The zero-order valence-electron chi connectivity index (χ0n) is 16.3. The van der Waals surface area contributed by atoms with Crippen LogP contribution >= 0.6 is 22.9 Å². The van der Waals surface area contributed by atoms with Gasteiger partial charge in [0.25, 0.3) is 5.91 Å². The van der Waals surface area contributed by atoms with Crippen molar-refractivity contribution < 1.29 is 19.1 Å². The highest BCUT2D eigenvalue weighted by atomic mass is 35.5. The van der Waals surface area contributed by atoms with Crippen LogP contribution in [0.5, 0.6) is 11.5 Å². The lowest BCUT2D eigenvalue weighted by Crippen LogP contribution is -2.38. The fraction of sp³-hybridized carbons (Fsp3) is 0.182. The molecule has 0 saturated carbocycles. The second kappa shape index (κ2) is 8.38. The quantitative estimate of drug-likeness (QED) is 0.641. The Morgan fingerprint density at radius 3 is 2.70 bits per heavy atom. The lowest BCUT2D eigenvalue weighted by atomic mass is 10.0. The normalized spacial score (nSPS) is 15.8. The van der Waals surface area contributed by atoms with Gasteiger partial charge in [0.2, 0.25) is 5.91 Å². The molecular weight excluding hydrogens is 424 g/mol. The first-order chi connectivity index (χ1) is 14.5. The highest BCUT2D eigenvalue weighted by molar-refractivity contribution is 7.10. The summed E-state index contributed by atoms with van der Waals surface area (Å²) in [5.41, 5.74) is 1.74. The van der Waals surface area contributed by atoms with Gasteiger partial charge in [0.05, 0.1) is 25.8 Å². The minimum atomic E-state index is -0.475. The highest BCUT2D eigenvalue weighted by Crippen LogP contribution is 2.40. The smallest absolute Gasteiger partial charge is 0.258 e. The molecule has 154 valence electrons. The van der Waals surface area contributed by atoms with Gasteiger partial charge in [0.1, 0.15) is 18.0 Å². The van der Waals surface area contributed by atoms with Crippen molar-refractivity contribution in [3.8, 4) is 11.5 Å². The maximum atomic E-state index is 13.7. The van der Waals surface area contributed by atoms with Crippen LogP contribution in [0.4, 0.5) is 5.69 Å². The Morgan fingerprint density at radius 1 is 1.17 bits per heavy atom. The summed E-state index contributed by atoms with van der Waals surface area (Å²) in [5.74, 6) is 0.346. The number of rotatable bonds is 4. The second-order valence-electron chi connectivity index (χ2n) is 6.70. The summed E-state index contributed by atoms with van der Waals surface area (Å²) in [6.07, 6.45) is 0. The number of hydrogen-bond donors (Lipinski definition) is 1. The second-order valence-corrected chi connectivity index (χ2v) is 8.11. The summed E-state index contributed by atoms with van der Waals surface area (Å²) in [6.45, 7) is -0.108. The Labute approximate surface area is 183 Å². The fourth-order valence-corrected chi connectivity index (χ4v) is 4.59. The van der Waals surface area contributed by atoms with Crippen LogP contribution < -0.4 is 14.8 Å². The van der Waals surface area contributed by atoms with E-state index in [9.17, 15) is 9.59 Å². The number of nitrogens with one attached hydrogen (secondary N) is 1. The largest absolute Gasteiger partial charge is 0.497 e. The van der Waals surface area contributed by atoms with Crippen LogP contribution in [0.15, 0.2) is 53.9 Å². The van der Waals surface area contributed by atoms with Gasteiger partial charge < -0.3 is 19.7 Å². The fourth-order valence-electron chi connectivity index (χ4n) is 3.55. The van der Waals surface area contributed by atoms with Crippen molar-refractivity contribution in [2.24, 2.45) is 0 Å². The molecule has 30 heavy (non-hydrogen) atoms. The molecule has 6 nitrogen and oxygen atoms in total. The van der Waals surface area contributed by atoms with Crippen LogP contribution in [0.3, 0.4) is 0 Å². The van der Waals surface area contributed by atoms with E-state index in [4.69, 9.17) is 21.1 Å². The molecule has 2 heterocycles. The van der Waals surface area contributed by atoms with Gasteiger partial charge in [-0.2, -0.15) is 0 Å². The highest BCUT2D eigenvalue weighted by Gasteiger charge is 2.35. The average molecular weight is 443 g/mol. The van der Waals surface area contributed by atoms with Gasteiger partial charge in [-0.15, -0.1) is 11.3 Å². The van der Waals surface area contributed by atoms with Crippen molar-refractivity contribution in [1.82, 2.24) is 4.90 Å². The van der Waals surface area contributed by atoms with Crippen molar-refractivity contribution in [3.63, 3.8) is 0 Å². The van der Waals surface area contributed by atoms with Gasteiger partial charge in [-0.25, -0.2) is 0 Å². The number of nitrogens with zero attached hydrogens (tertiary/aromatic N) is 1. The predicted molar refractivity (Wildman–Crippen MR) is 117 cm³/mol. The molecule has 2 amide bonds. The summed E-state index contributed by atoms with van der Waals surface area (Å²) in [6, 6.07) is 13.6. The molecule has 0 bridgehead atoms. The lowest BCUT2D eigenvalue weighted by molar-refractivity contribution is -0.117. The van der Waals surface area contributed by atoms with E-state index in [1.165, 1.54) is 18.4 Å². The molecule has 2 aromatic carbocycles. The van der Waals surface area contributed by atoms with Crippen molar-refractivity contribution in [3.05, 3.63) is 74.9 Å². The predicted octanol–water partition coefficient (Wildman–Crippen LogP) is 4.60. The van der Waals surface area contributed by atoms with Crippen molar-refractivity contribution in [2.45, 2.75) is 6.04 Å². The average Bonchev–Trinajstić information content (AvgIpc) is 3.23. The molecule has 4 rings (SSSR count). The minimum absolute atomic E-state index is 0.108. The van der Waals surface area contributed by atoms with Crippen LogP contribution in [0.25, 0.3) is 0 Å². The summed E-state index contributed by atoms with van der Waals surface area (Å²) < 4.78 is 10.7. The topological polar surface area (TPSA) is 67.9 Å². The van der Waals surface area contributed by atoms with Gasteiger partial charge in [-0.3, -0.25) is 9.59 Å². The third kappa shape index (κ3) is 3.74. The molecule has 3 aromatic rings. The first-order valence-electron chi connectivity index (χ1n) is 9.17. The number of anilines is 1. The molecule has 8 heteroatoms. The number of thiophene rings is 1. The monoisotopic (exact) mass is 442 g/mol. The number of amides is 2. The van der Waals surface area contributed by atoms with Gasteiger partial charge in [-0.05, 0) is 41.8 Å². The molecular formula is C22H19ClN2O4S. The van der Waals surface area contributed by atoms with Crippen LogP contribution in [-0.2, 0) is 4.79 Å². The Bertz CT molecular complexity index is 1100. The molecule has 1 unspecified atom stereocenters. The molecule has 0 fully saturated rings. The molecule has 0 aliphatic carbocycles. The summed E-state index contributed by atoms with van der Waals surface area (Å²) in [7, 11) is 3.04. The third-order valence-electron chi connectivity index (χ3n) is 4.92. The van der Waals surface area contributed by atoms with Crippen LogP contribution in [0.1, 0.15) is 26.8 Å². The maximum absolute atomic E-state index is 13.7. The Kier molecular flexibility index (Phi) is 5.65. The standard InChI is InChI=1S/C22H19ClN2O4S/c1-28-14-6-7-15(18(11-14)29-2)22(27)25-12-20(26)24-17-8-5-13(23)10-16(17)21(25)19-4-3-9-30-19/h3-11,21H,12H2,1-2H3,(H,24,26). The molecule has 1 aromatic heterocycles. The Hall–Kier alpha value is -3.03. The molecule has 1 atom stereocenters. The lowest BCUT2D eigenvalue weighted by Gasteiger charge is -2.30. The third-order valence-corrected chi connectivity index (χ3v) is 6.08. The zero-order chi connectivity index (χ0) is 21.3. The molecule has 1 aliphatic heterocycles. The van der Waals surface area contributed by atoms with E-state index in [-0.39, 0.29) is 18.4 Å². The van der Waals surface area contributed by atoms with E-state index in [1.807, 2.05) is 17.5 Å². The van der Waals surface area contributed by atoms with E-state index >= 15 is 0 Å². The van der Waals surface area contributed by atoms with Crippen LogP contribution in [0, 0.1) is 0 Å². The van der Waals surface area contributed by atoms with E-state index in [1.54, 1.807) is 48.4 Å². The zero-order valence-corrected chi connectivity index (χ0v) is 17.9. The van der Waals surface area contributed by atoms with E-state index in [0.29, 0.717) is 27.8 Å². The summed E-state index contributed by atoms with van der Waals surface area (Å²) >= 11 is 7.79.